The van der Waals surface area contributed by atoms with Crippen molar-refractivity contribution in [2.75, 3.05) is 26.8 Å². The molecule has 4 heterocycles. The molecule has 0 aliphatic carbocycles. The van der Waals surface area contributed by atoms with Gasteiger partial charge in [-0.3, -0.25) is 14.5 Å². The van der Waals surface area contributed by atoms with Crippen molar-refractivity contribution in [3.63, 3.8) is 0 Å². The van der Waals surface area contributed by atoms with Gasteiger partial charge in [0.25, 0.3) is 11.8 Å². The Balaban J connectivity index is 1.37. The van der Waals surface area contributed by atoms with Gasteiger partial charge in [-0.15, -0.1) is 0 Å². The fraction of sp³-hybridized carbons (Fsp3) is 0.414. The largest absolute Gasteiger partial charge is 0.493 e. The minimum atomic E-state index is -0.277. The average molecular weight is 534 g/mol. The molecule has 0 unspecified atom stereocenters. The van der Waals surface area contributed by atoms with E-state index in [9.17, 15) is 9.59 Å². The van der Waals surface area contributed by atoms with Crippen LogP contribution < -0.4 is 24.8 Å². The fourth-order valence-corrected chi connectivity index (χ4v) is 4.88. The Kier molecular flexibility index (Phi) is 8.31. The normalized spacial score (nSPS) is 19.8. The number of imidazole rings is 1. The summed E-state index contributed by atoms with van der Waals surface area (Å²) in [6.45, 7) is 4.28. The van der Waals surface area contributed by atoms with E-state index in [0.29, 0.717) is 49.0 Å². The number of H-pyrrole nitrogens is 1. The SMILES string of the molecule is CCCCc1ncc(CN2C[C@@H]3NC(=O)c4ccc(OC)c(c4)OCC(=O)NCc4ccc(cc4)O[C@H]3C2)[nH]1. The second-order valence-electron chi connectivity index (χ2n) is 9.96. The number of aryl methyl sites for hydroxylation is 1. The van der Waals surface area contributed by atoms with Crippen LogP contribution >= 0.6 is 0 Å². The number of hydrogen-bond acceptors (Lipinski definition) is 7. The van der Waals surface area contributed by atoms with Gasteiger partial charge < -0.3 is 29.8 Å². The number of benzene rings is 2. The number of likely N-dealkylation sites (tertiary alicyclic amines) is 1. The van der Waals surface area contributed by atoms with E-state index in [0.717, 1.165) is 36.3 Å². The molecule has 6 rings (SSSR count). The minimum Gasteiger partial charge on any atom is -0.493 e. The van der Waals surface area contributed by atoms with E-state index >= 15 is 0 Å². The van der Waals surface area contributed by atoms with Crippen LogP contribution in [0.3, 0.4) is 0 Å². The zero-order valence-electron chi connectivity index (χ0n) is 22.4. The summed E-state index contributed by atoms with van der Waals surface area (Å²) in [4.78, 5) is 35.9. The average Bonchev–Trinajstić information content (AvgIpc) is 3.55. The summed E-state index contributed by atoms with van der Waals surface area (Å²) >= 11 is 0. The molecule has 39 heavy (non-hydrogen) atoms. The first-order valence-electron chi connectivity index (χ1n) is 13.4. The number of carbonyl (C=O) groups is 2. The van der Waals surface area contributed by atoms with Gasteiger partial charge >= 0.3 is 0 Å². The number of aromatic nitrogens is 2. The van der Waals surface area contributed by atoms with E-state index in [-0.39, 0.29) is 30.6 Å². The highest BCUT2D eigenvalue weighted by atomic mass is 16.5. The number of ether oxygens (including phenoxy) is 3. The molecule has 0 radical (unpaired) electrons. The molecule has 2 amide bonds. The number of nitrogens with zero attached hydrogens (tertiary/aromatic N) is 2. The molecular weight excluding hydrogens is 498 g/mol. The van der Waals surface area contributed by atoms with Crippen LogP contribution in [0.2, 0.25) is 0 Å². The molecule has 2 aromatic carbocycles. The third kappa shape index (κ3) is 6.69. The molecule has 206 valence electrons. The molecule has 0 spiro atoms. The van der Waals surface area contributed by atoms with E-state index in [1.54, 1.807) is 18.2 Å². The number of carbonyl (C=O) groups excluding carboxylic acids is 2. The summed E-state index contributed by atoms with van der Waals surface area (Å²) in [6, 6.07) is 12.3. The summed E-state index contributed by atoms with van der Waals surface area (Å²) in [5.41, 5.74) is 2.39. The maximum Gasteiger partial charge on any atom is 0.258 e. The highest BCUT2D eigenvalue weighted by Gasteiger charge is 2.36. The second kappa shape index (κ2) is 12.2. The van der Waals surface area contributed by atoms with Crippen LogP contribution in [0.4, 0.5) is 0 Å². The summed E-state index contributed by atoms with van der Waals surface area (Å²) in [6.07, 6.45) is 4.80. The van der Waals surface area contributed by atoms with Gasteiger partial charge in [0.15, 0.2) is 18.1 Å². The summed E-state index contributed by atoms with van der Waals surface area (Å²) in [5, 5.41) is 6.01. The Hall–Kier alpha value is -4.05. The number of rotatable bonds is 6. The molecule has 1 fully saturated rings. The van der Waals surface area contributed by atoms with E-state index in [2.05, 4.69) is 32.4 Å². The summed E-state index contributed by atoms with van der Waals surface area (Å²) in [7, 11) is 1.52. The Bertz CT molecular complexity index is 1290. The molecular formula is C29H35N5O5. The van der Waals surface area contributed by atoms with Crippen molar-refractivity contribution in [3.05, 3.63) is 71.3 Å². The van der Waals surface area contributed by atoms with Crippen LogP contribution in [-0.2, 0) is 24.3 Å². The number of amides is 2. The highest BCUT2D eigenvalue weighted by Crippen LogP contribution is 2.29. The highest BCUT2D eigenvalue weighted by molar-refractivity contribution is 5.95. The molecule has 3 aromatic rings. The molecule has 4 bridgehead atoms. The van der Waals surface area contributed by atoms with Crippen molar-refractivity contribution in [2.45, 2.75) is 51.4 Å². The standard InChI is InChI=1S/C29H35N5O5/c1-3-4-5-27-30-14-21(32-27)15-34-16-23-26(17-34)39-22-9-6-19(7-10-22)13-31-28(35)18-38-25-12-20(29(36)33-23)8-11-24(25)37-2/h6-12,14,23,26H,3-5,13,15-18H2,1-2H3,(H,30,32)(H,31,35)(H,33,36)/t23-,26-/m0/s1. The van der Waals surface area contributed by atoms with Crippen LogP contribution in [0, 0.1) is 0 Å². The van der Waals surface area contributed by atoms with Gasteiger partial charge in [0.2, 0.25) is 0 Å². The van der Waals surface area contributed by atoms with Gasteiger partial charge in [-0.2, -0.15) is 0 Å². The number of unbranched alkanes of at least 4 members (excludes halogenated alkanes) is 1. The topological polar surface area (TPSA) is 118 Å². The number of fused-ring (bicyclic) bond motifs is 7. The molecule has 3 N–H and O–H groups in total. The van der Waals surface area contributed by atoms with Gasteiger partial charge in [-0.25, -0.2) is 4.98 Å². The van der Waals surface area contributed by atoms with Crippen molar-refractivity contribution in [2.24, 2.45) is 0 Å². The summed E-state index contributed by atoms with van der Waals surface area (Å²) in [5.74, 6) is 1.95. The van der Waals surface area contributed by atoms with Gasteiger partial charge in [0, 0.05) is 50.1 Å². The van der Waals surface area contributed by atoms with Gasteiger partial charge in [0.05, 0.1) is 13.2 Å². The molecule has 1 aromatic heterocycles. The smallest absolute Gasteiger partial charge is 0.258 e. The van der Waals surface area contributed by atoms with Crippen LogP contribution in [0.5, 0.6) is 17.2 Å². The Morgan fingerprint density at radius 1 is 1.13 bits per heavy atom. The van der Waals surface area contributed by atoms with Crippen molar-refractivity contribution in [3.8, 4) is 17.2 Å². The first kappa shape index (κ1) is 26.6. The third-order valence-electron chi connectivity index (χ3n) is 6.99. The Morgan fingerprint density at radius 2 is 1.97 bits per heavy atom. The van der Waals surface area contributed by atoms with Crippen molar-refractivity contribution in [1.29, 1.82) is 0 Å². The second-order valence-corrected chi connectivity index (χ2v) is 9.96. The Labute approximate surface area is 228 Å². The molecule has 3 aliphatic rings. The fourth-order valence-electron chi connectivity index (χ4n) is 4.88. The van der Waals surface area contributed by atoms with Crippen LogP contribution in [0.1, 0.15) is 47.2 Å². The molecule has 0 saturated carbocycles. The first-order valence-corrected chi connectivity index (χ1v) is 13.4. The van der Waals surface area contributed by atoms with Crippen LogP contribution in [0.15, 0.2) is 48.7 Å². The quantitative estimate of drug-likeness (QED) is 0.446. The maximum absolute atomic E-state index is 13.3. The lowest BCUT2D eigenvalue weighted by molar-refractivity contribution is -0.123. The van der Waals surface area contributed by atoms with Gasteiger partial charge in [-0.1, -0.05) is 25.5 Å². The van der Waals surface area contributed by atoms with Crippen molar-refractivity contribution < 1.29 is 23.8 Å². The van der Waals surface area contributed by atoms with Gasteiger partial charge in [-0.05, 0) is 42.3 Å². The molecule has 10 nitrogen and oxygen atoms in total. The maximum atomic E-state index is 13.3. The number of nitrogens with one attached hydrogen (secondary N) is 3. The third-order valence-corrected chi connectivity index (χ3v) is 6.99. The minimum absolute atomic E-state index is 0.198. The molecule has 2 atom stereocenters. The van der Waals surface area contributed by atoms with Crippen molar-refractivity contribution in [1.82, 2.24) is 25.5 Å². The Morgan fingerprint density at radius 3 is 2.77 bits per heavy atom. The predicted octanol–water partition coefficient (Wildman–Crippen LogP) is 2.83. The lowest BCUT2D eigenvalue weighted by Crippen LogP contribution is -2.45. The lowest BCUT2D eigenvalue weighted by atomic mass is 10.1. The van der Waals surface area contributed by atoms with Crippen molar-refractivity contribution >= 4 is 11.8 Å². The van der Waals surface area contributed by atoms with E-state index in [4.69, 9.17) is 14.2 Å². The number of methoxy groups -OCH3 is 1. The van der Waals surface area contributed by atoms with Gasteiger partial charge in [0.1, 0.15) is 17.7 Å². The number of hydrogen-bond donors (Lipinski definition) is 3. The van der Waals surface area contributed by atoms with E-state index in [1.165, 1.54) is 7.11 Å². The van der Waals surface area contributed by atoms with E-state index < -0.39 is 0 Å². The molecule has 1 saturated heterocycles. The van der Waals surface area contributed by atoms with Crippen LogP contribution in [0.25, 0.3) is 0 Å². The number of aromatic amines is 1. The zero-order chi connectivity index (χ0) is 27.2. The van der Waals surface area contributed by atoms with E-state index in [1.807, 2.05) is 30.5 Å². The zero-order valence-corrected chi connectivity index (χ0v) is 22.4. The molecule has 10 heteroatoms. The summed E-state index contributed by atoms with van der Waals surface area (Å²) < 4.78 is 17.5. The lowest BCUT2D eigenvalue weighted by Gasteiger charge is -2.21. The van der Waals surface area contributed by atoms with Crippen LogP contribution in [-0.4, -0.2) is 65.6 Å². The first-order chi connectivity index (χ1) is 19.0. The monoisotopic (exact) mass is 533 g/mol. The predicted molar refractivity (Wildman–Crippen MR) is 145 cm³/mol. The molecule has 3 aliphatic heterocycles.